The van der Waals surface area contributed by atoms with Crippen molar-refractivity contribution in [2.45, 2.75) is 116 Å². The third-order valence-corrected chi connectivity index (χ3v) is 9.12. The summed E-state index contributed by atoms with van der Waals surface area (Å²) in [6.07, 6.45) is 4.98. The Morgan fingerprint density at radius 1 is 0.893 bits per heavy atom. The summed E-state index contributed by atoms with van der Waals surface area (Å²) in [5, 5.41) is 5.62. The van der Waals surface area contributed by atoms with Gasteiger partial charge in [0.2, 0.25) is 11.9 Å². The Kier molecular flexibility index (Phi) is 12.8. The van der Waals surface area contributed by atoms with E-state index in [4.69, 9.17) is 20.9 Å². The fourth-order valence-electron chi connectivity index (χ4n) is 6.22. The molecular formula is C41H53N9O6. The molecule has 0 radical (unpaired) electrons. The van der Waals surface area contributed by atoms with E-state index >= 15 is 0 Å². The highest BCUT2D eigenvalue weighted by Crippen LogP contribution is 2.36. The fraction of sp³-hybridized carbons (Fsp3) is 0.463. The van der Waals surface area contributed by atoms with Crippen molar-refractivity contribution in [3.63, 3.8) is 0 Å². The quantitative estimate of drug-likeness (QED) is 0.127. The number of aromatic nitrogens is 4. The highest BCUT2D eigenvalue weighted by Gasteiger charge is 2.32. The number of fused-ring (bicyclic) bond motifs is 1. The molecule has 0 aliphatic heterocycles. The lowest BCUT2D eigenvalue weighted by Crippen LogP contribution is -2.53. The average molecular weight is 768 g/mol. The molecule has 1 fully saturated rings. The zero-order valence-corrected chi connectivity index (χ0v) is 33.2. The molecule has 2 aromatic heterocycles. The van der Waals surface area contributed by atoms with Gasteiger partial charge in [0.1, 0.15) is 23.3 Å². The van der Waals surface area contributed by atoms with Crippen LogP contribution < -0.4 is 27.0 Å². The normalized spacial score (nSPS) is 14.3. The number of benzene rings is 2. The second-order valence-corrected chi connectivity index (χ2v) is 16.2. The van der Waals surface area contributed by atoms with Crippen molar-refractivity contribution in [2.24, 2.45) is 0 Å². The smallest absolute Gasteiger partial charge is 0.329 e. The third-order valence-electron chi connectivity index (χ3n) is 9.12. The molecule has 1 saturated carbocycles. The van der Waals surface area contributed by atoms with Gasteiger partial charge in [-0.3, -0.25) is 14.4 Å². The standard InChI is InChI=1S/C41H53N9O6/c1-40(2,3)55-32(51)19-18-30(37(53)47-31(38(54)56-41(4,5)6)21-24-10-8-13-27(20-24)25-11-9-12-25)46-36(52)26-14-16-29(17-15-26)50(7)23-28-22-44-35-33(45-28)34(42)48-39(43)49-35/h8,10,13-17,20,22,25,30-31H,9,11-12,18-19,21,23H2,1-7H3,(H,46,52)(H,47,53)(H4,42,43,44,48,49)/t30-,31-/m0/s1. The van der Waals surface area contributed by atoms with Crippen molar-refractivity contribution in [1.82, 2.24) is 30.6 Å². The van der Waals surface area contributed by atoms with Crippen LogP contribution in [0.15, 0.2) is 54.7 Å². The Labute approximate surface area is 327 Å². The Morgan fingerprint density at radius 3 is 2.23 bits per heavy atom. The summed E-state index contributed by atoms with van der Waals surface area (Å²) in [6.45, 7) is 10.9. The number of nitrogens with two attached hydrogens (primary N) is 2. The summed E-state index contributed by atoms with van der Waals surface area (Å²) in [7, 11) is 1.85. The van der Waals surface area contributed by atoms with E-state index in [0.29, 0.717) is 29.3 Å². The van der Waals surface area contributed by atoms with Gasteiger partial charge in [0.05, 0.1) is 18.4 Å². The summed E-state index contributed by atoms with van der Waals surface area (Å²) in [6, 6.07) is 12.6. The first kappa shape index (κ1) is 41.3. The molecule has 298 valence electrons. The molecule has 0 spiro atoms. The summed E-state index contributed by atoms with van der Waals surface area (Å²) in [4.78, 5) is 72.7. The van der Waals surface area contributed by atoms with Crippen molar-refractivity contribution < 1.29 is 28.7 Å². The zero-order chi connectivity index (χ0) is 40.8. The predicted molar refractivity (Wildman–Crippen MR) is 213 cm³/mol. The first-order valence-electron chi connectivity index (χ1n) is 18.8. The van der Waals surface area contributed by atoms with Crippen LogP contribution in [0.25, 0.3) is 11.2 Å². The number of rotatable bonds is 14. The monoisotopic (exact) mass is 767 g/mol. The molecule has 2 aromatic carbocycles. The van der Waals surface area contributed by atoms with Crippen molar-refractivity contribution in [1.29, 1.82) is 0 Å². The number of nitrogens with zero attached hydrogens (tertiary/aromatic N) is 5. The van der Waals surface area contributed by atoms with Crippen LogP contribution in [-0.4, -0.2) is 74.0 Å². The molecule has 15 nitrogen and oxygen atoms in total. The Morgan fingerprint density at radius 2 is 1.59 bits per heavy atom. The molecule has 1 aliphatic rings. The maximum atomic E-state index is 14.0. The molecule has 4 aromatic rings. The van der Waals surface area contributed by atoms with E-state index in [0.717, 1.165) is 24.1 Å². The van der Waals surface area contributed by atoms with Crippen LogP contribution in [0, 0.1) is 0 Å². The zero-order valence-electron chi connectivity index (χ0n) is 33.2. The number of nitrogen functional groups attached to an aromatic ring is 2. The number of carbonyl (C=O) groups is 4. The second-order valence-electron chi connectivity index (χ2n) is 16.2. The van der Waals surface area contributed by atoms with E-state index in [1.807, 2.05) is 24.1 Å². The number of ether oxygens (including phenoxy) is 2. The summed E-state index contributed by atoms with van der Waals surface area (Å²) in [5.41, 5.74) is 14.5. The summed E-state index contributed by atoms with van der Waals surface area (Å²) in [5.74, 6) is -1.67. The van der Waals surface area contributed by atoms with Crippen molar-refractivity contribution in [2.75, 3.05) is 23.4 Å². The van der Waals surface area contributed by atoms with Crippen LogP contribution in [0.1, 0.15) is 107 Å². The number of anilines is 3. The minimum absolute atomic E-state index is 0.0127. The number of esters is 2. The topological polar surface area (TPSA) is 218 Å². The molecule has 0 bridgehead atoms. The fourth-order valence-corrected chi connectivity index (χ4v) is 6.22. The van der Waals surface area contributed by atoms with Gasteiger partial charge in [0.25, 0.3) is 5.91 Å². The second kappa shape index (κ2) is 17.3. The van der Waals surface area contributed by atoms with E-state index in [1.54, 1.807) is 72.0 Å². The predicted octanol–water partition coefficient (Wildman–Crippen LogP) is 4.78. The van der Waals surface area contributed by atoms with Gasteiger partial charge in [0.15, 0.2) is 17.0 Å². The number of hydrogen-bond donors (Lipinski definition) is 4. The number of amides is 2. The minimum Gasteiger partial charge on any atom is -0.460 e. The third kappa shape index (κ3) is 11.6. The first-order valence-corrected chi connectivity index (χ1v) is 18.8. The maximum absolute atomic E-state index is 14.0. The average Bonchev–Trinajstić information content (AvgIpc) is 3.08. The molecule has 6 N–H and O–H groups in total. The molecule has 0 saturated heterocycles. The SMILES string of the molecule is CN(Cc1cnc2nc(N)nc(N)c2n1)c1ccc(C(=O)N[C@@H](CCC(=O)OC(C)(C)C)C(=O)N[C@@H](Cc2cccc(C3CCC3)c2)C(=O)OC(C)(C)C)cc1. The largest absolute Gasteiger partial charge is 0.460 e. The molecule has 5 rings (SSSR count). The van der Waals surface area contributed by atoms with E-state index in [9.17, 15) is 19.2 Å². The minimum atomic E-state index is -1.18. The van der Waals surface area contributed by atoms with Crippen LogP contribution in [0.2, 0.25) is 0 Å². The van der Waals surface area contributed by atoms with Gasteiger partial charge >= 0.3 is 11.9 Å². The van der Waals surface area contributed by atoms with E-state index in [-0.39, 0.29) is 36.6 Å². The van der Waals surface area contributed by atoms with Gasteiger partial charge < -0.3 is 36.5 Å². The van der Waals surface area contributed by atoms with Gasteiger partial charge in [0, 0.05) is 31.1 Å². The van der Waals surface area contributed by atoms with E-state index in [2.05, 4.69) is 42.7 Å². The van der Waals surface area contributed by atoms with Crippen LogP contribution in [0.5, 0.6) is 0 Å². The lowest BCUT2D eigenvalue weighted by Gasteiger charge is -2.28. The molecular weight excluding hydrogens is 715 g/mol. The van der Waals surface area contributed by atoms with E-state index in [1.165, 1.54) is 12.0 Å². The molecule has 1 aliphatic carbocycles. The van der Waals surface area contributed by atoms with Crippen LogP contribution in [-0.2, 0) is 36.8 Å². The van der Waals surface area contributed by atoms with E-state index < -0.39 is 47.0 Å². The van der Waals surface area contributed by atoms with Crippen molar-refractivity contribution >= 4 is 52.4 Å². The molecule has 2 atom stereocenters. The number of nitrogens with one attached hydrogen (secondary N) is 2. The molecule has 2 heterocycles. The van der Waals surface area contributed by atoms with Crippen molar-refractivity contribution in [3.05, 3.63) is 77.1 Å². The van der Waals surface area contributed by atoms with Gasteiger partial charge in [-0.25, -0.2) is 14.8 Å². The van der Waals surface area contributed by atoms with Crippen LogP contribution in [0.4, 0.5) is 17.5 Å². The maximum Gasteiger partial charge on any atom is 0.329 e. The Bertz CT molecular complexity index is 2060. The molecule has 15 heteroatoms. The highest BCUT2D eigenvalue weighted by atomic mass is 16.6. The van der Waals surface area contributed by atoms with Gasteiger partial charge in [-0.05, 0) is 102 Å². The van der Waals surface area contributed by atoms with Crippen molar-refractivity contribution in [3.8, 4) is 0 Å². The number of hydrogen-bond acceptors (Lipinski definition) is 13. The number of carbonyl (C=O) groups excluding carboxylic acids is 4. The summed E-state index contributed by atoms with van der Waals surface area (Å²) < 4.78 is 11.2. The first-order chi connectivity index (χ1) is 26.3. The van der Waals surface area contributed by atoms with Gasteiger partial charge in [-0.1, -0.05) is 30.7 Å². The molecule has 2 amide bonds. The van der Waals surface area contributed by atoms with Gasteiger partial charge in [-0.15, -0.1) is 0 Å². The Hall–Kier alpha value is -5.86. The lowest BCUT2D eigenvalue weighted by atomic mass is 9.79. The Balaban J connectivity index is 1.31. The van der Waals surface area contributed by atoms with Crippen LogP contribution in [0.3, 0.4) is 0 Å². The van der Waals surface area contributed by atoms with Gasteiger partial charge in [-0.2, -0.15) is 9.97 Å². The lowest BCUT2D eigenvalue weighted by molar-refractivity contribution is -0.159. The highest BCUT2D eigenvalue weighted by molar-refractivity contribution is 5.98. The summed E-state index contributed by atoms with van der Waals surface area (Å²) >= 11 is 0. The molecule has 56 heavy (non-hydrogen) atoms. The molecule has 0 unspecified atom stereocenters. The van der Waals surface area contributed by atoms with Crippen LogP contribution >= 0.6 is 0 Å².